The first-order chi connectivity index (χ1) is 8.13. The van der Waals surface area contributed by atoms with Crippen LogP contribution in [-0.4, -0.2) is 42.3 Å². The molecule has 98 valence electrons. The van der Waals surface area contributed by atoms with Gasteiger partial charge in [-0.05, 0) is 26.6 Å². The molecule has 0 saturated carbocycles. The lowest BCUT2D eigenvalue weighted by atomic mass is 10.2. The molecule has 0 saturated heterocycles. The molecule has 1 rings (SSSR count). The standard InChI is InChI=1S/C11H22N4OS/c1-6-9(7-17-5)15(4)11-14-13-10(16-11)8(2)12-3/h8-9,12H,6-7H2,1-5H3. The van der Waals surface area contributed by atoms with E-state index in [-0.39, 0.29) is 6.04 Å². The van der Waals surface area contributed by atoms with E-state index in [1.165, 1.54) is 0 Å². The maximum Gasteiger partial charge on any atom is 0.318 e. The molecule has 0 bridgehead atoms. The third-order valence-corrected chi connectivity index (χ3v) is 3.63. The average molecular weight is 258 g/mol. The second-order valence-corrected chi connectivity index (χ2v) is 4.97. The lowest BCUT2D eigenvalue weighted by Crippen LogP contribution is -2.33. The van der Waals surface area contributed by atoms with E-state index in [2.05, 4.69) is 33.6 Å². The van der Waals surface area contributed by atoms with Crippen LogP contribution in [0.5, 0.6) is 0 Å². The number of rotatable bonds is 7. The highest BCUT2D eigenvalue weighted by atomic mass is 32.2. The van der Waals surface area contributed by atoms with Crippen LogP contribution < -0.4 is 10.2 Å². The molecule has 2 atom stereocenters. The summed E-state index contributed by atoms with van der Waals surface area (Å²) in [6.45, 7) is 4.17. The number of anilines is 1. The molecule has 0 spiro atoms. The van der Waals surface area contributed by atoms with E-state index < -0.39 is 0 Å². The Kier molecular flexibility index (Phi) is 5.77. The van der Waals surface area contributed by atoms with E-state index in [4.69, 9.17) is 4.42 Å². The third-order valence-electron chi connectivity index (χ3n) is 2.91. The first kappa shape index (κ1) is 14.3. The highest BCUT2D eigenvalue weighted by Crippen LogP contribution is 2.20. The number of aromatic nitrogens is 2. The van der Waals surface area contributed by atoms with E-state index in [1.807, 2.05) is 32.8 Å². The topological polar surface area (TPSA) is 54.2 Å². The molecule has 1 N–H and O–H groups in total. The highest BCUT2D eigenvalue weighted by molar-refractivity contribution is 7.98. The van der Waals surface area contributed by atoms with Crippen molar-refractivity contribution in [3.05, 3.63) is 5.89 Å². The zero-order valence-electron chi connectivity index (χ0n) is 11.2. The van der Waals surface area contributed by atoms with Gasteiger partial charge in [-0.1, -0.05) is 12.0 Å². The second-order valence-electron chi connectivity index (χ2n) is 4.06. The number of nitrogens with one attached hydrogen (secondary N) is 1. The summed E-state index contributed by atoms with van der Waals surface area (Å²) in [5, 5.41) is 11.2. The van der Waals surface area contributed by atoms with Crippen molar-refractivity contribution in [3.8, 4) is 0 Å². The summed E-state index contributed by atoms with van der Waals surface area (Å²) in [7, 11) is 3.88. The van der Waals surface area contributed by atoms with Gasteiger partial charge in [0.25, 0.3) is 0 Å². The molecule has 0 fully saturated rings. The van der Waals surface area contributed by atoms with Crippen molar-refractivity contribution < 1.29 is 4.42 Å². The van der Waals surface area contributed by atoms with Crippen molar-refractivity contribution in [2.45, 2.75) is 32.4 Å². The van der Waals surface area contributed by atoms with Crippen LogP contribution >= 0.6 is 11.8 Å². The smallest absolute Gasteiger partial charge is 0.318 e. The zero-order valence-corrected chi connectivity index (χ0v) is 12.0. The SMILES string of the molecule is CCC(CSC)N(C)c1nnc(C(C)NC)o1. The fourth-order valence-corrected chi connectivity index (χ4v) is 2.36. The summed E-state index contributed by atoms with van der Waals surface area (Å²) in [6.07, 6.45) is 3.18. The van der Waals surface area contributed by atoms with Gasteiger partial charge in [0.1, 0.15) is 0 Å². The van der Waals surface area contributed by atoms with Crippen LogP contribution in [0.3, 0.4) is 0 Å². The maximum atomic E-state index is 5.66. The van der Waals surface area contributed by atoms with E-state index in [1.54, 1.807) is 0 Å². The normalized spacial score (nSPS) is 14.6. The lowest BCUT2D eigenvalue weighted by Gasteiger charge is -2.24. The van der Waals surface area contributed by atoms with Crippen LogP contribution in [-0.2, 0) is 0 Å². The van der Waals surface area contributed by atoms with Crippen LogP contribution in [0.15, 0.2) is 4.42 Å². The minimum absolute atomic E-state index is 0.0882. The minimum Gasteiger partial charge on any atom is -0.406 e. The van der Waals surface area contributed by atoms with Gasteiger partial charge in [-0.3, -0.25) is 0 Å². The minimum atomic E-state index is 0.0882. The molecule has 17 heavy (non-hydrogen) atoms. The Morgan fingerprint density at radius 2 is 2.18 bits per heavy atom. The van der Waals surface area contributed by atoms with E-state index in [9.17, 15) is 0 Å². The summed E-state index contributed by atoms with van der Waals surface area (Å²) in [6, 6.07) is 1.12. The Balaban J connectivity index is 2.74. The molecule has 0 radical (unpaired) electrons. The van der Waals surface area contributed by atoms with Gasteiger partial charge in [-0.15, -0.1) is 5.10 Å². The first-order valence-electron chi connectivity index (χ1n) is 5.86. The molecule has 6 heteroatoms. The Bertz CT molecular complexity index is 331. The van der Waals surface area contributed by atoms with Crippen LogP contribution in [0.2, 0.25) is 0 Å². The van der Waals surface area contributed by atoms with Crippen molar-refractivity contribution >= 4 is 17.8 Å². The zero-order chi connectivity index (χ0) is 12.8. The number of hydrogen-bond acceptors (Lipinski definition) is 6. The molecule has 5 nitrogen and oxygen atoms in total. The third kappa shape index (κ3) is 3.61. The molecule has 1 aromatic rings. The fourth-order valence-electron chi connectivity index (χ4n) is 1.52. The van der Waals surface area contributed by atoms with Crippen LogP contribution in [0.4, 0.5) is 6.01 Å². The van der Waals surface area contributed by atoms with Crippen LogP contribution in [0.1, 0.15) is 32.2 Å². The molecule has 0 aliphatic rings. The van der Waals surface area contributed by atoms with E-state index >= 15 is 0 Å². The second kappa shape index (κ2) is 6.86. The van der Waals surface area contributed by atoms with Gasteiger partial charge >= 0.3 is 6.01 Å². The molecular weight excluding hydrogens is 236 g/mol. The Hall–Kier alpha value is -0.750. The Morgan fingerprint density at radius 1 is 1.47 bits per heavy atom. The summed E-state index contributed by atoms with van der Waals surface area (Å²) in [5.41, 5.74) is 0. The molecule has 0 aromatic carbocycles. The predicted molar refractivity (Wildman–Crippen MR) is 72.6 cm³/mol. The van der Waals surface area contributed by atoms with Crippen molar-refractivity contribution in [1.29, 1.82) is 0 Å². The summed E-state index contributed by atoms with van der Waals surface area (Å²) >= 11 is 1.83. The Labute approximate surface area is 107 Å². The van der Waals surface area contributed by atoms with E-state index in [0.717, 1.165) is 12.2 Å². The molecule has 1 aromatic heterocycles. The van der Waals surface area contributed by atoms with Crippen LogP contribution in [0, 0.1) is 0 Å². The van der Waals surface area contributed by atoms with Gasteiger partial charge in [0.15, 0.2) is 0 Å². The van der Waals surface area contributed by atoms with Gasteiger partial charge < -0.3 is 14.6 Å². The fraction of sp³-hybridized carbons (Fsp3) is 0.818. The molecular formula is C11H22N4OS. The summed E-state index contributed by atoms with van der Waals surface area (Å²) in [4.78, 5) is 2.06. The number of nitrogens with zero attached hydrogens (tertiary/aromatic N) is 3. The lowest BCUT2D eigenvalue weighted by molar-refractivity contribution is 0.426. The first-order valence-corrected chi connectivity index (χ1v) is 7.25. The molecule has 2 unspecified atom stereocenters. The molecule has 0 aliphatic heterocycles. The summed E-state index contributed by atoms with van der Waals surface area (Å²) < 4.78 is 5.66. The van der Waals surface area contributed by atoms with Crippen molar-refractivity contribution in [1.82, 2.24) is 15.5 Å². The van der Waals surface area contributed by atoms with Crippen molar-refractivity contribution in [3.63, 3.8) is 0 Å². The van der Waals surface area contributed by atoms with Crippen LogP contribution in [0.25, 0.3) is 0 Å². The van der Waals surface area contributed by atoms with E-state index in [0.29, 0.717) is 17.9 Å². The monoisotopic (exact) mass is 258 g/mol. The Morgan fingerprint density at radius 3 is 2.71 bits per heavy atom. The average Bonchev–Trinajstić information content (AvgIpc) is 2.83. The van der Waals surface area contributed by atoms with Gasteiger partial charge in [0.2, 0.25) is 5.89 Å². The van der Waals surface area contributed by atoms with Crippen molar-refractivity contribution in [2.24, 2.45) is 0 Å². The summed E-state index contributed by atoms with van der Waals surface area (Å²) in [5.74, 6) is 1.69. The quantitative estimate of drug-likeness (QED) is 0.806. The van der Waals surface area contributed by atoms with Gasteiger partial charge in [-0.2, -0.15) is 11.8 Å². The molecule has 0 aliphatic carbocycles. The maximum absolute atomic E-state index is 5.66. The number of hydrogen-bond donors (Lipinski definition) is 1. The highest BCUT2D eigenvalue weighted by Gasteiger charge is 2.19. The molecule has 0 amide bonds. The van der Waals surface area contributed by atoms with Gasteiger partial charge in [0.05, 0.1) is 6.04 Å². The van der Waals surface area contributed by atoms with Gasteiger partial charge in [-0.25, -0.2) is 0 Å². The number of thioether (sulfide) groups is 1. The molecule has 1 heterocycles. The largest absolute Gasteiger partial charge is 0.406 e. The van der Waals surface area contributed by atoms with Crippen molar-refractivity contribution in [2.75, 3.05) is 31.0 Å². The van der Waals surface area contributed by atoms with Gasteiger partial charge in [0, 0.05) is 18.8 Å². The predicted octanol–water partition coefficient (Wildman–Crippen LogP) is 1.93.